The molecule has 0 atom stereocenters. The molecule has 4 N–H and O–H groups in total. The molecule has 0 aliphatic carbocycles. The molecule has 1 aromatic carbocycles. The number of amides is 1. The predicted molar refractivity (Wildman–Crippen MR) is 93.4 cm³/mol. The number of carbonyl (C=O) groups is 1. The van der Waals surface area contributed by atoms with Gasteiger partial charge in [-0.3, -0.25) is 4.79 Å². The zero-order valence-corrected chi connectivity index (χ0v) is 15.1. The van der Waals surface area contributed by atoms with Crippen LogP contribution in [0.1, 0.15) is 35.5 Å². The third-order valence-electron chi connectivity index (χ3n) is 3.67. The van der Waals surface area contributed by atoms with Gasteiger partial charge in [0.2, 0.25) is 5.88 Å². The number of sulfone groups is 1. The molecule has 0 unspecified atom stereocenters. The number of hydrogen-bond acceptors (Lipinski definition) is 5. The molecule has 0 fully saturated rings. The number of aromatic hydroxyl groups is 2. The molecule has 1 aromatic heterocycles. The van der Waals surface area contributed by atoms with Crippen molar-refractivity contribution < 1.29 is 23.4 Å². The number of nitrogens with one attached hydrogen (secondary N) is 2. The molecule has 0 aliphatic heterocycles. The Labute approximate surface area is 146 Å². The summed E-state index contributed by atoms with van der Waals surface area (Å²) in [4.78, 5) is 15.1. The SMILES string of the molecule is CC(C)Cc1[nH]c(O)c(C(=O)NCc2ccc(S(C)(=O)=O)cc2)c1O. The second kappa shape index (κ2) is 7.18. The highest BCUT2D eigenvalue weighted by Gasteiger charge is 2.23. The Morgan fingerprint density at radius 2 is 1.80 bits per heavy atom. The van der Waals surface area contributed by atoms with E-state index in [0.29, 0.717) is 17.7 Å². The van der Waals surface area contributed by atoms with Crippen LogP contribution in [0.3, 0.4) is 0 Å². The first-order valence-electron chi connectivity index (χ1n) is 7.79. The topological polar surface area (TPSA) is 119 Å². The van der Waals surface area contributed by atoms with Crippen LogP contribution in [0.25, 0.3) is 0 Å². The lowest BCUT2D eigenvalue weighted by Crippen LogP contribution is -2.22. The molecule has 2 aromatic rings. The summed E-state index contributed by atoms with van der Waals surface area (Å²) in [7, 11) is -3.27. The summed E-state index contributed by atoms with van der Waals surface area (Å²) >= 11 is 0. The number of aromatic nitrogens is 1. The molecular formula is C17H22N2O5S. The van der Waals surface area contributed by atoms with Crippen LogP contribution in [0.5, 0.6) is 11.6 Å². The zero-order valence-electron chi connectivity index (χ0n) is 14.3. The van der Waals surface area contributed by atoms with Gasteiger partial charge in [0.1, 0.15) is 5.56 Å². The molecule has 0 radical (unpaired) electrons. The Balaban J connectivity index is 2.09. The number of carbonyl (C=O) groups excluding carboxylic acids is 1. The molecule has 0 saturated carbocycles. The van der Waals surface area contributed by atoms with Crippen molar-refractivity contribution in [2.24, 2.45) is 5.92 Å². The zero-order chi connectivity index (χ0) is 18.8. The van der Waals surface area contributed by atoms with E-state index in [1.165, 1.54) is 12.1 Å². The van der Waals surface area contributed by atoms with E-state index in [9.17, 15) is 23.4 Å². The molecule has 7 nitrogen and oxygen atoms in total. The van der Waals surface area contributed by atoms with Gasteiger partial charge >= 0.3 is 0 Å². The smallest absolute Gasteiger partial charge is 0.260 e. The molecule has 0 spiro atoms. The van der Waals surface area contributed by atoms with E-state index >= 15 is 0 Å². The van der Waals surface area contributed by atoms with E-state index in [2.05, 4.69) is 10.3 Å². The van der Waals surface area contributed by atoms with E-state index in [-0.39, 0.29) is 34.6 Å². The Kier molecular flexibility index (Phi) is 5.42. The Morgan fingerprint density at radius 1 is 1.20 bits per heavy atom. The Bertz CT molecular complexity index is 867. The third-order valence-corrected chi connectivity index (χ3v) is 4.80. The van der Waals surface area contributed by atoms with Crippen molar-refractivity contribution in [2.75, 3.05) is 6.26 Å². The molecule has 0 aliphatic rings. The van der Waals surface area contributed by atoms with Crippen molar-refractivity contribution in [1.82, 2.24) is 10.3 Å². The molecule has 136 valence electrons. The monoisotopic (exact) mass is 366 g/mol. The lowest BCUT2D eigenvalue weighted by molar-refractivity contribution is 0.0945. The summed E-state index contributed by atoms with van der Waals surface area (Å²) in [5.74, 6) is -1.00. The molecule has 0 saturated heterocycles. The average Bonchev–Trinajstić information content (AvgIpc) is 2.78. The second-order valence-corrected chi connectivity index (χ2v) is 8.39. The molecule has 0 bridgehead atoms. The van der Waals surface area contributed by atoms with Gasteiger partial charge in [-0.05, 0) is 30.0 Å². The van der Waals surface area contributed by atoms with Crippen LogP contribution in [-0.2, 0) is 22.8 Å². The Morgan fingerprint density at radius 3 is 2.32 bits per heavy atom. The fourth-order valence-corrected chi connectivity index (χ4v) is 3.05. The van der Waals surface area contributed by atoms with Crippen LogP contribution >= 0.6 is 0 Å². The van der Waals surface area contributed by atoms with Crippen molar-refractivity contribution in [3.63, 3.8) is 0 Å². The van der Waals surface area contributed by atoms with Crippen molar-refractivity contribution in [2.45, 2.75) is 31.7 Å². The number of hydrogen-bond donors (Lipinski definition) is 4. The highest BCUT2D eigenvalue weighted by Crippen LogP contribution is 2.32. The lowest BCUT2D eigenvalue weighted by atomic mass is 10.1. The van der Waals surface area contributed by atoms with Gasteiger partial charge in [-0.1, -0.05) is 26.0 Å². The summed E-state index contributed by atoms with van der Waals surface area (Å²) in [6.45, 7) is 4.04. The van der Waals surface area contributed by atoms with Gasteiger partial charge in [-0.2, -0.15) is 0 Å². The molecule has 25 heavy (non-hydrogen) atoms. The minimum Gasteiger partial charge on any atom is -0.505 e. The first-order chi connectivity index (χ1) is 11.6. The predicted octanol–water partition coefficient (Wildman–Crippen LogP) is 1.96. The fourth-order valence-electron chi connectivity index (χ4n) is 2.42. The quantitative estimate of drug-likeness (QED) is 0.623. The standard InChI is InChI=1S/C17H22N2O5S/c1-10(2)8-13-15(20)14(17(22)19-13)16(21)18-9-11-4-6-12(7-5-11)25(3,23)24/h4-7,10,19-20,22H,8-9H2,1-3H3,(H,18,21). The maximum Gasteiger partial charge on any atom is 0.260 e. The van der Waals surface area contributed by atoms with Crippen LogP contribution < -0.4 is 5.32 Å². The van der Waals surface area contributed by atoms with E-state index in [1.807, 2.05) is 13.8 Å². The normalized spacial score (nSPS) is 11.7. The summed E-state index contributed by atoms with van der Waals surface area (Å²) < 4.78 is 22.8. The van der Waals surface area contributed by atoms with Gasteiger partial charge in [0.15, 0.2) is 15.6 Å². The van der Waals surface area contributed by atoms with Crippen LogP contribution in [0.2, 0.25) is 0 Å². The highest BCUT2D eigenvalue weighted by molar-refractivity contribution is 7.90. The number of rotatable bonds is 6. The highest BCUT2D eigenvalue weighted by atomic mass is 32.2. The van der Waals surface area contributed by atoms with E-state index in [0.717, 1.165) is 6.26 Å². The van der Waals surface area contributed by atoms with Crippen LogP contribution in [0.4, 0.5) is 0 Å². The molecule has 1 heterocycles. The fraction of sp³-hybridized carbons (Fsp3) is 0.353. The first-order valence-corrected chi connectivity index (χ1v) is 9.68. The minimum atomic E-state index is -3.27. The van der Waals surface area contributed by atoms with Gasteiger partial charge in [0.25, 0.3) is 5.91 Å². The largest absolute Gasteiger partial charge is 0.505 e. The van der Waals surface area contributed by atoms with Crippen molar-refractivity contribution in [3.8, 4) is 11.6 Å². The van der Waals surface area contributed by atoms with Gasteiger partial charge in [-0.15, -0.1) is 0 Å². The van der Waals surface area contributed by atoms with Gasteiger partial charge in [0, 0.05) is 12.8 Å². The van der Waals surface area contributed by atoms with Crippen molar-refractivity contribution in [3.05, 3.63) is 41.1 Å². The summed E-state index contributed by atoms with van der Waals surface area (Å²) in [6, 6.07) is 6.11. The van der Waals surface area contributed by atoms with Gasteiger partial charge in [0.05, 0.1) is 10.6 Å². The van der Waals surface area contributed by atoms with E-state index in [4.69, 9.17) is 0 Å². The van der Waals surface area contributed by atoms with Gasteiger partial charge in [-0.25, -0.2) is 8.42 Å². The first kappa shape index (κ1) is 18.9. The summed E-state index contributed by atoms with van der Waals surface area (Å²) in [5.41, 5.74) is 0.913. The van der Waals surface area contributed by atoms with Crippen molar-refractivity contribution in [1.29, 1.82) is 0 Å². The van der Waals surface area contributed by atoms with Gasteiger partial charge < -0.3 is 20.5 Å². The Hall–Kier alpha value is -2.48. The second-order valence-electron chi connectivity index (χ2n) is 6.37. The van der Waals surface area contributed by atoms with Crippen LogP contribution in [0, 0.1) is 5.92 Å². The van der Waals surface area contributed by atoms with Crippen molar-refractivity contribution >= 4 is 15.7 Å². The number of aromatic amines is 1. The number of benzene rings is 1. The molecular weight excluding hydrogens is 344 g/mol. The maximum absolute atomic E-state index is 12.2. The molecule has 1 amide bonds. The third kappa shape index (κ3) is 4.54. The van der Waals surface area contributed by atoms with Crippen LogP contribution in [-0.4, -0.2) is 35.8 Å². The summed E-state index contributed by atoms with van der Waals surface area (Å²) in [5, 5.41) is 22.6. The average molecular weight is 366 g/mol. The molecule has 2 rings (SSSR count). The maximum atomic E-state index is 12.2. The van der Waals surface area contributed by atoms with E-state index in [1.54, 1.807) is 12.1 Å². The van der Waals surface area contributed by atoms with Crippen LogP contribution in [0.15, 0.2) is 29.2 Å². The molecule has 8 heteroatoms. The lowest BCUT2D eigenvalue weighted by Gasteiger charge is -2.06. The number of H-pyrrole nitrogens is 1. The van der Waals surface area contributed by atoms with E-state index < -0.39 is 15.7 Å². The minimum absolute atomic E-state index is 0.131. The summed E-state index contributed by atoms with van der Waals surface area (Å²) in [6.07, 6.45) is 1.62.